The van der Waals surface area contributed by atoms with Gasteiger partial charge in [-0.2, -0.15) is 0 Å². The topological polar surface area (TPSA) is 20.2 Å². The maximum atomic E-state index is 9.57. The van der Waals surface area contributed by atoms with Crippen LogP contribution in [-0.4, -0.2) is 11.2 Å². The summed E-state index contributed by atoms with van der Waals surface area (Å²) in [7, 11) is 0. The lowest BCUT2D eigenvalue weighted by Crippen LogP contribution is -2.21. The highest BCUT2D eigenvalue weighted by molar-refractivity contribution is 4.73. The molecule has 11 heavy (non-hydrogen) atoms. The third-order valence-electron chi connectivity index (χ3n) is 2.33. The minimum Gasteiger partial charge on any atom is -0.393 e. The van der Waals surface area contributed by atoms with E-state index in [2.05, 4.69) is 27.4 Å². The van der Waals surface area contributed by atoms with E-state index in [1.807, 2.05) is 6.08 Å². The minimum atomic E-state index is -0.159. The molecule has 0 bridgehead atoms. The predicted octanol–water partition coefficient (Wildman–Crippen LogP) is 2.61. The Morgan fingerprint density at radius 3 is 2.27 bits per heavy atom. The average molecular weight is 156 g/mol. The molecule has 0 aromatic carbocycles. The molecule has 0 spiro atoms. The average Bonchev–Trinajstić information content (AvgIpc) is 1.98. The van der Waals surface area contributed by atoms with Gasteiger partial charge in [-0.25, -0.2) is 0 Å². The first kappa shape index (κ1) is 10.7. The summed E-state index contributed by atoms with van der Waals surface area (Å²) in [5, 5.41) is 9.57. The Kier molecular flexibility index (Phi) is 5.22. The van der Waals surface area contributed by atoms with Crippen molar-refractivity contribution in [3.63, 3.8) is 0 Å². The van der Waals surface area contributed by atoms with Crippen molar-refractivity contribution >= 4 is 0 Å². The van der Waals surface area contributed by atoms with Crippen LogP contribution in [0.5, 0.6) is 0 Å². The van der Waals surface area contributed by atoms with Gasteiger partial charge in [-0.15, -0.1) is 6.58 Å². The number of aliphatic hydroxyl groups excluding tert-OH is 1. The standard InChI is InChI=1S/C10H20O/c1-5-6-7-10(11)9(4)8(2)3/h5,8-11H,1,6-7H2,2-4H3. The Labute approximate surface area is 70.1 Å². The Hall–Kier alpha value is -0.300. The van der Waals surface area contributed by atoms with Gasteiger partial charge in [0.25, 0.3) is 0 Å². The first-order chi connectivity index (χ1) is 5.09. The molecule has 0 aliphatic rings. The van der Waals surface area contributed by atoms with E-state index in [4.69, 9.17) is 0 Å². The fraction of sp³-hybridized carbons (Fsp3) is 0.800. The van der Waals surface area contributed by atoms with Crippen molar-refractivity contribution in [2.45, 2.75) is 39.7 Å². The Bertz CT molecular complexity index is 107. The van der Waals surface area contributed by atoms with Gasteiger partial charge < -0.3 is 5.11 Å². The van der Waals surface area contributed by atoms with Crippen LogP contribution in [0.1, 0.15) is 33.6 Å². The number of allylic oxidation sites excluding steroid dienone is 1. The van der Waals surface area contributed by atoms with Crippen LogP contribution in [0.2, 0.25) is 0 Å². The van der Waals surface area contributed by atoms with Crippen LogP contribution in [0.25, 0.3) is 0 Å². The van der Waals surface area contributed by atoms with E-state index in [1.54, 1.807) is 0 Å². The zero-order valence-corrected chi connectivity index (χ0v) is 7.88. The van der Waals surface area contributed by atoms with Gasteiger partial charge in [0, 0.05) is 0 Å². The zero-order valence-electron chi connectivity index (χ0n) is 7.88. The molecule has 1 N–H and O–H groups in total. The van der Waals surface area contributed by atoms with E-state index in [0.29, 0.717) is 11.8 Å². The first-order valence-electron chi connectivity index (χ1n) is 4.38. The molecule has 0 aliphatic heterocycles. The Morgan fingerprint density at radius 1 is 1.36 bits per heavy atom. The van der Waals surface area contributed by atoms with Gasteiger partial charge >= 0.3 is 0 Å². The van der Waals surface area contributed by atoms with Crippen molar-refractivity contribution in [1.82, 2.24) is 0 Å². The highest BCUT2D eigenvalue weighted by Gasteiger charge is 2.16. The second kappa shape index (κ2) is 5.36. The molecule has 0 radical (unpaired) electrons. The molecule has 2 atom stereocenters. The van der Waals surface area contributed by atoms with Gasteiger partial charge in [0.05, 0.1) is 6.10 Å². The van der Waals surface area contributed by atoms with Crippen molar-refractivity contribution in [2.75, 3.05) is 0 Å². The second-order valence-electron chi connectivity index (χ2n) is 3.54. The molecule has 0 aromatic rings. The smallest absolute Gasteiger partial charge is 0.0571 e. The van der Waals surface area contributed by atoms with Gasteiger partial charge in [-0.3, -0.25) is 0 Å². The molecule has 0 aromatic heterocycles. The lowest BCUT2D eigenvalue weighted by molar-refractivity contribution is 0.0848. The monoisotopic (exact) mass is 156 g/mol. The number of rotatable bonds is 5. The van der Waals surface area contributed by atoms with E-state index in [-0.39, 0.29) is 6.10 Å². The van der Waals surface area contributed by atoms with Gasteiger partial charge in [-0.1, -0.05) is 26.8 Å². The predicted molar refractivity (Wildman–Crippen MR) is 49.4 cm³/mol. The lowest BCUT2D eigenvalue weighted by atomic mass is 9.90. The van der Waals surface area contributed by atoms with Gasteiger partial charge in [-0.05, 0) is 24.7 Å². The van der Waals surface area contributed by atoms with E-state index in [1.165, 1.54) is 0 Å². The van der Waals surface area contributed by atoms with E-state index >= 15 is 0 Å². The first-order valence-corrected chi connectivity index (χ1v) is 4.38. The molecule has 66 valence electrons. The molecule has 0 fully saturated rings. The van der Waals surface area contributed by atoms with Crippen LogP contribution in [-0.2, 0) is 0 Å². The highest BCUT2D eigenvalue weighted by Crippen LogP contribution is 2.17. The van der Waals surface area contributed by atoms with Crippen LogP contribution in [0.3, 0.4) is 0 Å². The van der Waals surface area contributed by atoms with Crippen LogP contribution < -0.4 is 0 Å². The summed E-state index contributed by atoms with van der Waals surface area (Å²) in [5.41, 5.74) is 0. The molecule has 0 rings (SSSR count). The van der Waals surface area contributed by atoms with E-state index < -0.39 is 0 Å². The van der Waals surface area contributed by atoms with E-state index in [0.717, 1.165) is 12.8 Å². The molecule has 0 heterocycles. The van der Waals surface area contributed by atoms with Gasteiger partial charge in [0.15, 0.2) is 0 Å². The largest absolute Gasteiger partial charge is 0.393 e. The maximum Gasteiger partial charge on any atom is 0.0571 e. The number of aliphatic hydroxyl groups is 1. The van der Waals surface area contributed by atoms with Crippen molar-refractivity contribution in [3.05, 3.63) is 12.7 Å². The summed E-state index contributed by atoms with van der Waals surface area (Å²) in [6.45, 7) is 10.0. The molecular weight excluding hydrogens is 136 g/mol. The van der Waals surface area contributed by atoms with Gasteiger partial charge in [0.1, 0.15) is 0 Å². The number of hydrogen-bond acceptors (Lipinski definition) is 1. The molecule has 0 saturated carbocycles. The molecule has 0 saturated heterocycles. The molecule has 1 nitrogen and oxygen atoms in total. The molecule has 0 amide bonds. The summed E-state index contributed by atoms with van der Waals surface area (Å²) in [4.78, 5) is 0. The fourth-order valence-corrected chi connectivity index (χ4v) is 0.996. The zero-order chi connectivity index (χ0) is 8.85. The minimum absolute atomic E-state index is 0.159. The lowest BCUT2D eigenvalue weighted by Gasteiger charge is -2.21. The second-order valence-corrected chi connectivity index (χ2v) is 3.54. The molecule has 0 aliphatic carbocycles. The summed E-state index contributed by atoms with van der Waals surface area (Å²) in [6.07, 6.45) is 3.46. The van der Waals surface area contributed by atoms with E-state index in [9.17, 15) is 5.11 Å². The summed E-state index contributed by atoms with van der Waals surface area (Å²) in [6, 6.07) is 0. The Balaban J connectivity index is 3.63. The third-order valence-corrected chi connectivity index (χ3v) is 2.33. The molecular formula is C10H20O. The summed E-state index contributed by atoms with van der Waals surface area (Å²) in [5.74, 6) is 0.963. The maximum absolute atomic E-state index is 9.57. The van der Waals surface area contributed by atoms with Crippen LogP contribution in [0.15, 0.2) is 12.7 Å². The third kappa shape index (κ3) is 4.20. The molecule has 1 heteroatoms. The summed E-state index contributed by atoms with van der Waals surface area (Å²) < 4.78 is 0. The van der Waals surface area contributed by atoms with Crippen LogP contribution in [0.4, 0.5) is 0 Å². The molecule has 2 unspecified atom stereocenters. The van der Waals surface area contributed by atoms with Crippen molar-refractivity contribution in [2.24, 2.45) is 11.8 Å². The fourth-order valence-electron chi connectivity index (χ4n) is 0.996. The highest BCUT2D eigenvalue weighted by atomic mass is 16.3. The normalized spacial score (nSPS) is 16.5. The van der Waals surface area contributed by atoms with Crippen LogP contribution >= 0.6 is 0 Å². The van der Waals surface area contributed by atoms with Crippen molar-refractivity contribution in [3.8, 4) is 0 Å². The quantitative estimate of drug-likeness (QED) is 0.607. The van der Waals surface area contributed by atoms with Gasteiger partial charge in [0.2, 0.25) is 0 Å². The van der Waals surface area contributed by atoms with Crippen molar-refractivity contribution in [1.29, 1.82) is 0 Å². The van der Waals surface area contributed by atoms with Crippen LogP contribution in [0, 0.1) is 11.8 Å². The van der Waals surface area contributed by atoms with Crippen molar-refractivity contribution < 1.29 is 5.11 Å². The Morgan fingerprint density at radius 2 is 1.91 bits per heavy atom. The summed E-state index contributed by atoms with van der Waals surface area (Å²) >= 11 is 0. The SMILES string of the molecule is C=CCCC(O)C(C)C(C)C. The number of hydrogen-bond donors (Lipinski definition) is 1.